The van der Waals surface area contributed by atoms with Gasteiger partial charge >= 0.3 is 5.97 Å². The molecule has 3 nitrogen and oxygen atoms in total. The second-order valence-corrected chi connectivity index (χ2v) is 4.14. The highest BCUT2D eigenvalue weighted by Crippen LogP contribution is 2.32. The van der Waals surface area contributed by atoms with E-state index in [0.717, 1.165) is 0 Å². The van der Waals surface area contributed by atoms with Crippen molar-refractivity contribution in [2.24, 2.45) is 0 Å². The Bertz CT molecular complexity index is 366. The molecule has 2 N–H and O–H groups in total. The zero-order valence-electron chi connectivity index (χ0n) is 7.51. The summed E-state index contributed by atoms with van der Waals surface area (Å²) in [5.41, 5.74) is 6.67. The zero-order valence-corrected chi connectivity index (χ0v) is 10.7. The molecule has 14 heavy (non-hydrogen) atoms. The van der Waals surface area contributed by atoms with E-state index < -0.39 is 0 Å². The second kappa shape index (κ2) is 4.79. The Morgan fingerprint density at radius 2 is 2.07 bits per heavy atom. The van der Waals surface area contributed by atoms with Crippen LogP contribution in [0.2, 0.25) is 0 Å². The van der Waals surface area contributed by atoms with Crippen molar-refractivity contribution in [3.63, 3.8) is 0 Å². The van der Waals surface area contributed by atoms with E-state index in [1.54, 1.807) is 19.1 Å². The number of nitrogens with two attached hydrogens (primary N) is 1. The highest BCUT2D eigenvalue weighted by Gasteiger charge is 2.14. The number of ether oxygens (including phenoxy) is 1. The van der Waals surface area contributed by atoms with Gasteiger partial charge in [-0.2, -0.15) is 0 Å². The Morgan fingerprint density at radius 1 is 1.43 bits per heavy atom. The van der Waals surface area contributed by atoms with Gasteiger partial charge in [0, 0.05) is 10.2 Å². The van der Waals surface area contributed by atoms with Crippen LogP contribution in [0.1, 0.15) is 17.3 Å². The van der Waals surface area contributed by atoms with Gasteiger partial charge in [0.2, 0.25) is 0 Å². The molecule has 0 spiro atoms. The van der Waals surface area contributed by atoms with E-state index in [1.165, 1.54) is 0 Å². The summed E-state index contributed by atoms with van der Waals surface area (Å²) in [5, 5.41) is 0. The third-order valence-electron chi connectivity index (χ3n) is 1.61. The monoisotopic (exact) mass is 321 g/mol. The number of carbonyl (C=O) groups excluding carboxylic acids is 1. The summed E-state index contributed by atoms with van der Waals surface area (Å²) in [6.45, 7) is 2.12. The summed E-state index contributed by atoms with van der Waals surface area (Å²) in [6.07, 6.45) is 0. The van der Waals surface area contributed by atoms with E-state index in [0.29, 0.717) is 26.8 Å². The van der Waals surface area contributed by atoms with Gasteiger partial charge < -0.3 is 10.5 Å². The minimum Gasteiger partial charge on any atom is -0.462 e. The molecule has 0 bridgehead atoms. The van der Waals surface area contributed by atoms with Crippen LogP contribution in [0.4, 0.5) is 5.69 Å². The van der Waals surface area contributed by atoms with Crippen LogP contribution in [-0.4, -0.2) is 12.6 Å². The molecule has 0 aliphatic rings. The molecule has 0 heterocycles. The first kappa shape index (κ1) is 11.5. The summed E-state index contributed by atoms with van der Waals surface area (Å²) < 4.78 is 6.16. The third kappa shape index (κ3) is 2.27. The Morgan fingerprint density at radius 3 is 2.64 bits per heavy atom. The highest BCUT2D eigenvalue weighted by atomic mass is 79.9. The molecule has 1 aromatic carbocycles. The van der Waals surface area contributed by atoms with Gasteiger partial charge in [-0.25, -0.2) is 4.79 Å². The van der Waals surface area contributed by atoms with Gasteiger partial charge in [0.05, 0.1) is 16.6 Å². The Labute approximate surface area is 98.9 Å². The maximum atomic E-state index is 11.4. The topological polar surface area (TPSA) is 52.3 Å². The molecule has 0 aliphatic carbocycles. The van der Waals surface area contributed by atoms with Crippen molar-refractivity contribution in [2.75, 3.05) is 12.3 Å². The van der Waals surface area contributed by atoms with Crippen LogP contribution >= 0.6 is 31.9 Å². The lowest BCUT2D eigenvalue weighted by Gasteiger charge is -2.07. The predicted octanol–water partition coefficient (Wildman–Crippen LogP) is 2.97. The van der Waals surface area contributed by atoms with E-state index in [9.17, 15) is 4.79 Å². The molecule has 0 aliphatic heterocycles. The number of benzene rings is 1. The molecule has 0 radical (unpaired) electrons. The number of nitrogen functional groups attached to an aromatic ring is 1. The standard InChI is InChI=1S/C9H9Br2NO2/c1-2-14-9(13)5-3-4-6(12)8(11)7(5)10/h3-4H,2,12H2,1H3. The van der Waals surface area contributed by atoms with Gasteiger partial charge in [0.15, 0.2) is 0 Å². The quantitative estimate of drug-likeness (QED) is 0.672. The first-order valence-electron chi connectivity index (χ1n) is 3.98. The smallest absolute Gasteiger partial charge is 0.339 e. The molecule has 0 atom stereocenters. The van der Waals surface area contributed by atoms with Crippen molar-refractivity contribution in [3.8, 4) is 0 Å². The van der Waals surface area contributed by atoms with Gasteiger partial charge in [-0.1, -0.05) is 0 Å². The van der Waals surface area contributed by atoms with Crippen molar-refractivity contribution >= 4 is 43.5 Å². The molecule has 0 saturated heterocycles. The molecular formula is C9H9Br2NO2. The van der Waals surface area contributed by atoms with Crippen molar-refractivity contribution in [1.29, 1.82) is 0 Å². The Kier molecular flexibility index (Phi) is 3.95. The van der Waals surface area contributed by atoms with E-state index in [2.05, 4.69) is 31.9 Å². The average Bonchev–Trinajstić information content (AvgIpc) is 2.15. The molecule has 0 saturated carbocycles. The van der Waals surface area contributed by atoms with Gasteiger partial charge in [-0.15, -0.1) is 0 Å². The summed E-state index contributed by atoms with van der Waals surface area (Å²) in [7, 11) is 0. The SMILES string of the molecule is CCOC(=O)c1ccc(N)c(Br)c1Br. The van der Waals surface area contributed by atoms with Crippen LogP contribution in [0, 0.1) is 0 Å². The highest BCUT2D eigenvalue weighted by molar-refractivity contribution is 9.13. The molecule has 5 heteroatoms. The number of carbonyl (C=O) groups is 1. The zero-order chi connectivity index (χ0) is 10.7. The lowest BCUT2D eigenvalue weighted by molar-refractivity contribution is 0.0525. The predicted molar refractivity (Wildman–Crippen MR) is 62.2 cm³/mol. The number of anilines is 1. The minimum absolute atomic E-state index is 0.354. The lowest BCUT2D eigenvalue weighted by atomic mass is 10.2. The minimum atomic E-state index is -0.361. The fourth-order valence-electron chi connectivity index (χ4n) is 0.931. The summed E-state index contributed by atoms with van der Waals surface area (Å²) in [4.78, 5) is 11.4. The molecule has 1 rings (SSSR count). The summed E-state index contributed by atoms with van der Waals surface area (Å²) in [5.74, 6) is -0.361. The lowest BCUT2D eigenvalue weighted by Crippen LogP contribution is -2.06. The summed E-state index contributed by atoms with van der Waals surface area (Å²) in [6, 6.07) is 3.28. The molecule has 0 aromatic heterocycles. The Balaban J connectivity index is 3.11. The first-order valence-corrected chi connectivity index (χ1v) is 5.57. The third-order valence-corrected chi connectivity index (χ3v) is 3.82. The maximum Gasteiger partial charge on any atom is 0.339 e. The average molecular weight is 323 g/mol. The van der Waals surface area contributed by atoms with E-state index >= 15 is 0 Å². The van der Waals surface area contributed by atoms with Gasteiger partial charge in [0.1, 0.15) is 0 Å². The number of halogens is 2. The molecule has 76 valence electrons. The van der Waals surface area contributed by atoms with E-state index in [1.807, 2.05) is 0 Å². The molecule has 0 unspecified atom stereocenters. The van der Waals surface area contributed by atoms with Crippen LogP contribution in [0.3, 0.4) is 0 Å². The van der Waals surface area contributed by atoms with Gasteiger partial charge in [-0.3, -0.25) is 0 Å². The fourth-order valence-corrected chi connectivity index (χ4v) is 1.80. The molecular weight excluding hydrogens is 314 g/mol. The second-order valence-electron chi connectivity index (χ2n) is 2.55. The van der Waals surface area contributed by atoms with Crippen molar-refractivity contribution in [1.82, 2.24) is 0 Å². The normalized spacial score (nSPS) is 9.93. The van der Waals surface area contributed by atoms with E-state index in [-0.39, 0.29) is 5.97 Å². The van der Waals surface area contributed by atoms with Crippen LogP contribution < -0.4 is 5.73 Å². The van der Waals surface area contributed by atoms with Crippen molar-refractivity contribution in [3.05, 3.63) is 26.6 Å². The molecule has 1 aromatic rings. The van der Waals surface area contributed by atoms with Crippen LogP contribution in [0.15, 0.2) is 21.1 Å². The van der Waals surface area contributed by atoms with Gasteiger partial charge in [-0.05, 0) is 50.9 Å². The number of hydrogen-bond donors (Lipinski definition) is 1. The Hall–Kier alpha value is -0.550. The van der Waals surface area contributed by atoms with Crippen molar-refractivity contribution in [2.45, 2.75) is 6.92 Å². The fraction of sp³-hybridized carbons (Fsp3) is 0.222. The molecule has 0 fully saturated rings. The molecule has 0 amide bonds. The summed E-state index contributed by atoms with van der Waals surface area (Å²) >= 11 is 6.54. The van der Waals surface area contributed by atoms with E-state index in [4.69, 9.17) is 10.5 Å². The van der Waals surface area contributed by atoms with Crippen LogP contribution in [0.25, 0.3) is 0 Å². The van der Waals surface area contributed by atoms with Gasteiger partial charge in [0.25, 0.3) is 0 Å². The first-order chi connectivity index (χ1) is 6.57. The maximum absolute atomic E-state index is 11.4. The number of rotatable bonds is 2. The number of esters is 1. The largest absolute Gasteiger partial charge is 0.462 e. The van der Waals surface area contributed by atoms with Crippen LogP contribution in [0.5, 0.6) is 0 Å². The van der Waals surface area contributed by atoms with Crippen LogP contribution in [-0.2, 0) is 4.74 Å². The van der Waals surface area contributed by atoms with Crippen molar-refractivity contribution < 1.29 is 9.53 Å². The number of hydrogen-bond acceptors (Lipinski definition) is 3.